The summed E-state index contributed by atoms with van der Waals surface area (Å²) in [6.45, 7) is 0. The van der Waals surface area contributed by atoms with Crippen LogP contribution in [0.25, 0.3) is 6.08 Å². The lowest BCUT2D eigenvalue weighted by Crippen LogP contribution is -2.38. The normalized spacial score (nSPS) is 19.7. The Morgan fingerprint density at radius 1 is 1.00 bits per heavy atom. The Bertz CT molecular complexity index is 702. The van der Waals surface area contributed by atoms with Gasteiger partial charge in [0.15, 0.2) is 0 Å². The van der Waals surface area contributed by atoms with E-state index in [2.05, 4.69) is 18.2 Å². The molecule has 92 valence electrons. The molecule has 0 saturated heterocycles. The molecule has 0 radical (unpaired) electrons. The van der Waals surface area contributed by atoms with Crippen molar-refractivity contribution < 1.29 is 4.79 Å². The molecule has 0 N–H and O–H groups in total. The Hall–Kier alpha value is -2.35. The third-order valence-corrected chi connectivity index (χ3v) is 4.00. The Kier molecular flexibility index (Phi) is 2.12. The quantitative estimate of drug-likeness (QED) is 0.698. The van der Waals surface area contributed by atoms with Crippen LogP contribution in [-0.2, 0) is 6.42 Å². The number of carbonyl (C=O) groups excluding carboxylic acids is 1. The molecule has 0 saturated carbocycles. The first-order valence-corrected chi connectivity index (χ1v) is 6.52. The minimum atomic E-state index is 0.109. The molecule has 0 aliphatic carbocycles. The van der Waals surface area contributed by atoms with Gasteiger partial charge in [-0.05, 0) is 35.3 Å². The summed E-state index contributed by atoms with van der Waals surface area (Å²) in [4.78, 5) is 14.4. The van der Waals surface area contributed by atoms with Gasteiger partial charge in [-0.15, -0.1) is 0 Å². The van der Waals surface area contributed by atoms with Gasteiger partial charge in [-0.2, -0.15) is 0 Å². The van der Waals surface area contributed by atoms with Crippen molar-refractivity contribution in [2.24, 2.45) is 0 Å². The fourth-order valence-corrected chi connectivity index (χ4v) is 3.05. The van der Waals surface area contributed by atoms with Gasteiger partial charge in [0.2, 0.25) is 0 Å². The summed E-state index contributed by atoms with van der Waals surface area (Å²) < 4.78 is 0. The first-order valence-electron chi connectivity index (χ1n) is 6.52. The van der Waals surface area contributed by atoms with Gasteiger partial charge in [0.1, 0.15) is 0 Å². The predicted molar refractivity (Wildman–Crippen MR) is 74.5 cm³/mol. The third kappa shape index (κ3) is 1.46. The van der Waals surface area contributed by atoms with E-state index in [1.165, 1.54) is 11.1 Å². The van der Waals surface area contributed by atoms with E-state index < -0.39 is 0 Å². The van der Waals surface area contributed by atoms with Crippen LogP contribution < -0.4 is 0 Å². The van der Waals surface area contributed by atoms with E-state index >= 15 is 0 Å². The van der Waals surface area contributed by atoms with Crippen LogP contribution in [0.15, 0.2) is 54.7 Å². The molecular weight excluding hydrogens is 234 g/mol. The highest BCUT2D eigenvalue weighted by atomic mass is 16.2. The van der Waals surface area contributed by atoms with Crippen LogP contribution in [0.3, 0.4) is 0 Å². The highest BCUT2D eigenvalue weighted by Gasteiger charge is 2.34. The van der Waals surface area contributed by atoms with Gasteiger partial charge in [-0.1, -0.05) is 42.5 Å². The monoisotopic (exact) mass is 247 g/mol. The number of hydrogen-bond donors (Lipinski definition) is 0. The topological polar surface area (TPSA) is 20.3 Å². The first kappa shape index (κ1) is 10.6. The fraction of sp³-hybridized carbons (Fsp3) is 0.118. The van der Waals surface area contributed by atoms with Crippen LogP contribution in [-0.4, -0.2) is 10.8 Å². The molecule has 1 amide bonds. The highest BCUT2D eigenvalue weighted by molar-refractivity contribution is 5.98. The molecule has 2 aromatic rings. The summed E-state index contributed by atoms with van der Waals surface area (Å²) in [5.41, 5.74) is 4.45. The van der Waals surface area contributed by atoms with Crippen molar-refractivity contribution in [3.8, 4) is 0 Å². The van der Waals surface area contributed by atoms with Crippen molar-refractivity contribution in [3.05, 3.63) is 77.0 Å². The Morgan fingerprint density at radius 3 is 2.74 bits per heavy atom. The lowest BCUT2D eigenvalue weighted by atomic mass is 9.86. The average molecular weight is 247 g/mol. The van der Waals surface area contributed by atoms with Crippen molar-refractivity contribution >= 4 is 12.0 Å². The van der Waals surface area contributed by atoms with Gasteiger partial charge < -0.3 is 4.90 Å². The van der Waals surface area contributed by atoms with E-state index in [0.29, 0.717) is 0 Å². The van der Waals surface area contributed by atoms with Gasteiger partial charge in [0.05, 0.1) is 6.04 Å². The average Bonchev–Trinajstić information content (AvgIpc) is 2.47. The zero-order chi connectivity index (χ0) is 12.8. The van der Waals surface area contributed by atoms with Gasteiger partial charge in [0, 0.05) is 11.8 Å². The summed E-state index contributed by atoms with van der Waals surface area (Å²) >= 11 is 0. The number of benzene rings is 2. The van der Waals surface area contributed by atoms with E-state index in [1.807, 2.05) is 47.5 Å². The molecule has 0 spiro atoms. The molecule has 2 aliphatic rings. The maximum Gasteiger partial charge on any atom is 0.258 e. The van der Waals surface area contributed by atoms with Gasteiger partial charge >= 0.3 is 0 Å². The van der Waals surface area contributed by atoms with Crippen molar-refractivity contribution in [1.82, 2.24) is 4.90 Å². The van der Waals surface area contributed by atoms with Gasteiger partial charge in [-0.25, -0.2) is 0 Å². The molecule has 1 atom stereocenters. The van der Waals surface area contributed by atoms with Crippen molar-refractivity contribution in [2.45, 2.75) is 12.5 Å². The Balaban J connectivity index is 1.89. The van der Waals surface area contributed by atoms with Crippen molar-refractivity contribution in [3.63, 3.8) is 0 Å². The van der Waals surface area contributed by atoms with Gasteiger partial charge in [-0.3, -0.25) is 4.79 Å². The lowest BCUT2D eigenvalue weighted by Gasteiger charge is -2.37. The second-order valence-electron chi connectivity index (χ2n) is 5.03. The molecule has 2 nitrogen and oxygen atoms in total. The second kappa shape index (κ2) is 3.82. The Labute approximate surface area is 112 Å². The van der Waals surface area contributed by atoms with E-state index in [9.17, 15) is 4.79 Å². The molecule has 0 bridgehead atoms. The number of rotatable bonds is 0. The smallest absolute Gasteiger partial charge is 0.258 e. The summed E-state index contributed by atoms with van der Waals surface area (Å²) in [7, 11) is 0. The summed E-state index contributed by atoms with van der Waals surface area (Å²) in [5, 5.41) is 0. The third-order valence-electron chi connectivity index (χ3n) is 4.00. The molecule has 2 heteroatoms. The molecule has 0 fully saturated rings. The molecule has 19 heavy (non-hydrogen) atoms. The number of carbonyl (C=O) groups is 1. The number of nitrogens with zero attached hydrogens (tertiary/aromatic N) is 1. The van der Waals surface area contributed by atoms with Crippen LogP contribution in [0.5, 0.6) is 0 Å². The molecule has 4 rings (SSSR count). The van der Waals surface area contributed by atoms with E-state index in [-0.39, 0.29) is 11.9 Å². The minimum absolute atomic E-state index is 0.109. The highest BCUT2D eigenvalue weighted by Crippen LogP contribution is 2.37. The van der Waals surface area contributed by atoms with Crippen LogP contribution in [0, 0.1) is 0 Å². The van der Waals surface area contributed by atoms with Crippen LogP contribution in [0.4, 0.5) is 0 Å². The maximum absolute atomic E-state index is 12.5. The van der Waals surface area contributed by atoms with Crippen molar-refractivity contribution in [1.29, 1.82) is 0 Å². The van der Waals surface area contributed by atoms with Crippen LogP contribution in [0.2, 0.25) is 0 Å². The van der Waals surface area contributed by atoms with Crippen LogP contribution >= 0.6 is 0 Å². The maximum atomic E-state index is 12.5. The Morgan fingerprint density at radius 2 is 1.79 bits per heavy atom. The molecule has 0 aromatic heterocycles. The van der Waals surface area contributed by atoms with Crippen LogP contribution in [0.1, 0.15) is 33.1 Å². The lowest BCUT2D eigenvalue weighted by molar-refractivity contribution is 0.0743. The second-order valence-corrected chi connectivity index (χ2v) is 5.03. The van der Waals surface area contributed by atoms with E-state index in [1.54, 1.807) is 0 Å². The van der Waals surface area contributed by atoms with Crippen molar-refractivity contribution in [2.75, 3.05) is 0 Å². The molecule has 2 aromatic carbocycles. The number of amides is 1. The first-order chi connectivity index (χ1) is 9.34. The largest absolute Gasteiger partial charge is 0.307 e. The zero-order valence-corrected chi connectivity index (χ0v) is 10.4. The summed E-state index contributed by atoms with van der Waals surface area (Å²) in [6.07, 6.45) is 4.84. The fourth-order valence-electron chi connectivity index (χ4n) is 3.05. The predicted octanol–water partition coefficient (Wildman–Crippen LogP) is 3.41. The summed E-state index contributed by atoms with van der Waals surface area (Å²) in [5.74, 6) is 0.109. The van der Waals surface area contributed by atoms with E-state index in [4.69, 9.17) is 0 Å². The standard InChI is InChI=1S/C17H13NO/c19-17-15-8-4-2-6-13(15)11-16-14-7-3-1-5-12(14)9-10-18(16)17/h1-10,16H,11H2/t16-/m1/s1. The molecule has 2 aliphatic heterocycles. The minimum Gasteiger partial charge on any atom is -0.307 e. The number of hydrogen-bond acceptors (Lipinski definition) is 1. The summed E-state index contributed by atoms with van der Waals surface area (Å²) in [6, 6.07) is 16.4. The molecular formula is C17H13NO. The molecule has 0 unspecified atom stereocenters. The SMILES string of the molecule is O=C1c2ccccc2C[C@@H]2c3ccccc3C=CN12. The van der Waals surface area contributed by atoms with Gasteiger partial charge in [0.25, 0.3) is 5.91 Å². The number of fused-ring (bicyclic) bond motifs is 4. The van der Waals surface area contributed by atoms with E-state index in [0.717, 1.165) is 17.5 Å². The molecule has 2 heterocycles. The zero-order valence-electron chi connectivity index (χ0n) is 10.4.